The van der Waals surface area contributed by atoms with Crippen molar-refractivity contribution >= 4 is 53.3 Å². The third kappa shape index (κ3) is 15.0. The van der Waals surface area contributed by atoms with Gasteiger partial charge in [0.2, 0.25) is 41.4 Å². The van der Waals surface area contributed by atoms with Gasteiger partial charge in [-0.1, -0.05) is 75.4 Å². The molecule has 2 fully saturated rings. The van der Waals surface area contributed by atoms with Crippen LogP contribution in [0.2, 0.25) is 0 Å². The van der Waals surface area contributed by atoms with E-state index < -0.39 is 120 Å². The topological polar surface area (TPSA) is 310 Å². The number of piperidine rings is 1. The minimum atomic E-state index is -1.90. The molecule has 5 rings (SSSR count). The molecule has 0 aliphatic carbocycles. The molecule has 2 aliphatic heterocycles. The van der Waals surface area contributed by atoms with Gasteiger partial charge in [-0.25, -0.2) is 4.79 Å². The highest BCUT2D eigenvalue weighted by Crippen LogP contribution is 2.26. The zero-order chi connectivity index (χ0) is 52.8. The van der Waals surface area contributed by atoms with Crippen LogP contribution < -0.4 is 26.6 Å². The number of phenolic OH excluding ortho intramolecular Hbond substituents is 2. The van der Waals surface area contributed by atoms with Crippen LogP contribution in [-0.4, -0.2) is 145 Å². The average molecular weight is 1000 g/mol. The van der Waals surface area contributed by atoms with Crippen molar-refractivity contribution in [2.24, 2.45) is 5.92 Å². The summed E-state index contributed by atoms with van der Waals surface area (Å²) in [6, 6.07) is 9.62. The van der Waals surface area contributed by atoms with Crippen molar-refractivity contribution in [2.75, 3.05) is 7.05 Å². The Bertz CT molecular complexity index is 2420. The van der Waals surface area contributed by atoms with Crippen LogP contribution >= 0.6 is 0 Å². The number of aryl methyl sites for hydroxylation is 1. The number of esters is 1. The first-order valence-electron chi connectivity index (χ1n) is 24.0. The number of amides is 7. The lowest BCUT2D eigenvalue weighted by molar-refractivity contribution is -0.165. The third-order valence-electron chi connectivity index (χ3n) is 12.6. The number of phenols is 2. The molecule has 21 heteroatoms. The average Bonchev–Trinajstić information content (AvgIpc) is 3.33. The predicted octanol–water partition coefficient (Wildman–Crippen LogP) is 0.952. The number of benzene rings is 3. The van der Waals surface area contributed by atoms with Crippen LogP contribution in [0.4, 0.5) is 0 Å². The predicted molar refractivity (Wildman–Crippen MR) is 258 cm³/mol. The molecular weight excluding hydrogens is 935 g/mol. The summed E-state index contributed by atoms with van der Waals surface area (Å²) in [6.45, 7) is 6.11. The van der Waals surface area contributed by atoms with Gasteiger partial charge in [0.25, 0.3) is 0 Å². The molecule has 21 nitrogen and oxygen atoms in total. The maximum absolute atomic E-state index is 15.1. The number of aliphatic hydroxyl groups is 1. The highest BCUT2D eigenvalue weighted by molar-refractivity contribution is 5.99. The molecule has 388 valence electrons. The summed E-state index contributed by atoms with van der Waals surface area (Å²) in [5.74, 6) is -9.69. The standard InChI is InChI=1S/C51H65N7O14/c1-6-10-40(61)52-37(27-42(63)64)46(66)56-44-29(4)72-51(71)43(28(2)3)55-47(67)38(23-17-30-13-18-33(59)19-14-30)57(5)50(70)39(26-31-11-8-7-9-12-31)58-41(62)24-22-35(49(58)69)53-45(65)36(54-48(44)68)25-32-15-20-34(60)21-16-32/h7-9,11-16,18-21,28-29,35-39,41,43-44,59-60,62H,6,10,17,22-27H2,1-5H3,(H,52,61)(H,53,65)(H,54,68)(H,55,67)(H,56,66)(H,63,64)/t29-,35-,36-,37+,38-,39-,41+,43+,44-/m1/s1. The number of nitrogens with one attached hydrogen (secondary N) is 5. The van der Waals surface area contributed by atoms with Crippen LogP contribution in [0.15, 0.2) is 78.9 Å². The Morgan fingerprint density at radius 2 is 1.38 bits per heavy atom. The molecule has 9 N–H and O–H groups in total. The van der Waals surface area contributed by atoms with Gasteiger partial charge >= 0.3 is 11.9 Å². The van der Waals surface area contributed by atoms with Crippen molar-refractivity contribution < 1.29 is 68.3 Å². The van der Waals surface area contributed by atoms with Gasteiger partial charge in [0.15, 0.2) is 0 Å². The van der Waals surface area contributed by atoms with Crippen molar-refractivity contribution in [1.29, 1.82) is 0 Å². The highest BCUT2D eigenvalue weighted by atomic mass is 16.5. The molecule has 72 heavy (non-hydrogen) atoms. The second kappa shape index (κ2) is 25.5. The highest BCUT2D eigenvalue weighted by Gasteiger charge is 2.46. The fourth-order valence-electron chi connectivity index (χ4n) is 8.61. The van der Waals surface area contributed by atoms with Crippen molar-refractivity contribution in [1.82, 2.24) is 36.4 Å². The second-order valence-corrected chi connectivity index (χ2v) is 18.5. The fourth-order valence-corrected chi connectivity index (χ4v) is 8.61. The summed E-state index contributed by atoms with van der Waals surface area (Å²) >= 11 is 0. The fraction of sp³-hybridized carbons (Fsp3) is 0.471. The largest absolute Gasteiger partial charge is 0.508 e. The number of likely N-dealkylation sites (N-methyl/N-ethyl adjacent to an activating group) is 1. The Morgan fingerprint density at radius 3 is 1.97 bits per heavy atom. The molecule has 0 spiro atoms. The van der Waals surface area contributed by atoms with Gasteiger partial charge in [0.05, 0.1) is 6.42 Å². The Hall–Kier alpha value is -7.55. The molecule has 0 saturated carbocycles. The van der Waals surface area contributed by atoms with E-state index in [9.17, 15) is 58.8 Å². The van der Waals surface area contributed by atoms with E-state index in [0.717, 1.165) is 9.80 Å². The summed E-state index contributed by atoms with van der Waals surface area (Å²) in [6.07, 6.45) is -4.30. The number of fused-ring (bicyclic) bond motifs is 2. The van der Waals surface area contributed by atoms with Gasteiger partial charge in [-0.15, -0.1) is 0 Å². The van der Waals surface area contributed by atoms with Crippen molar-refractivity contribution in [3.8, 4) is 11.5 Å². The number of aliphatic carboxylic acids is 1. The number of carboxylic acid groups (broad SMARTS) is 1. The molecule has 3 aromatic rings. The van der Waals surface area contributed by atoms with Gasteiger partial charge < -0.3 is 61.5 Å². The summed E-state index contributed by atoms with van der Waals surface area (Å²) in [7, 11) is 1.36. The molecule has 7 amide bonds. The lowest BCUT2D eigenvalue weighted by atomic mass is 9.95. The van der Waals surface area contributed by atoms with Crippen molar-refractivity contribution in [3.05, 3.63) is 95.6 Å². The SMILES string of the molecule is CCCC(=O)N[C@@H](CC(=O)O)C(=O)N[C@H]1C(=O)N[C@H](Cc2ccc(O)cc2)C(=O)N[C@@H]2CC[C@H](O)N(C2=O)[C@H](Cc2ccccc2)C(=O)N(C)[C@H](CCc2ccc(O)cc2)C(=O)N[C@@H](C(C)C)C(=O)O[C@@H]1C. The molecule has 9 atom stereocenters. The van der Waals surface area contributed by atoms with Gasteiger partial charge in [0.1, 0.15) is 66.1 Å². The van der Waals surface area contributed by atoms with Crippen LogP contribution in [0, 0.1) is 5.92 Å². The number of carboxylic acids is 1. The molecule has 3 aromatic carbocycles. The Labute approximate surface area is 417 Å². The number of hydrogen-bond acceptors (Lipinski definition) is 13. The minimum Gasteiger partial charge on any atom is -0.508 e. The number of aromatic hydroxyl groups is 2. The zero-order valence-electron chi connectivity index (χ0n) is 40.9. The molecule has 0 unspecified atom stereocenters. The first-order valence-corrected chi connectivity index (χ1v) is 24.0. The third-order valence-corrected chi connectivity index (χ3v) is 12.6. The van der Waals surface area contributed by atoms with Gasteiger partial charge in [-0.05, 0) is 85.9 Å². The zero-order valence-corrected chi connectivity index (χ0v) is 40.9. The monoisotopic (exact) mass is 999 g/mol. The quantitative estimate of drug-likeness (QED) is 0.0959. The number of aliphatic hydroxyl groups excluding tert-OH is 1. The number of ether oxygens (including phenoxy) is 1. The maximum Gasteiger partial charge on any atom is 0.329 e. The van der Waals surface area contributed by atoms with Crippen molar-refractivity contribution in [3.63, 3.8) is 0 Å². The van der Waals surface area contributed by atoms with E-state index in [1.54, 1.807) is 63.2 Å². The number of cyclic esters (lactones) is 1. The Balaban J connectivity index is 1.64. The van der Waals surface area contributed by atoms with Gasteiger partial charge in [0, 0.05) is 26.3 Å². The molecular formula is C51H65N7O14. The van der Waals surface area contributed by atoms with E-state index in [0.29, 0.717) is 23.1 Å². The van der Waals surface area contributed by atoms with Gasteiger partial charge in [-0.2, -0.15) is 0 Å². The van der Waals surface area contributed by atoms with Crippen LogP contribution in [-0.2, 0) is 67.2 Å². The molecule has 2 bridgehead atoms. The normalized spacial score (nSPS) is 24.1. The van der Waals surface area contributed by atoms with E-state index in [1.807, 2.05) is 0 Å². The summed E-state index contributed by atoms with van der Waals surface area (Å²) in [5, 5.41) is 53.9. The number of hydrogen-bond donors (Lipinski definition) is 9. The van der Waals surface area contributed by atoms with E-state index in [2.05, 4.69) is 26.6 Å². The first-order chi connectivity index (χ1) is 34.2. The van der Waals surface area contributed by atoms with Crippen LogP contribution in [0.25, 0.3) is 0 Å². The first kappa shape index (κ1) is 55.4. The number of rotatable bonds is 15. The number of carbonyl (C=O) groups excluding carboxylic acids is 8. The van der Waals surface area contributed by atoms with Crippen molar-refractivity contribution in [2.45, 2.75) is 140 Å². The van der Waals surface area contributed by atoms with Crippen LogP contribution in [0.1, 0.15) is 82.9 Å². The lowest BCUT2D eigenvalue weighted by Gasteiger charge is -2.43. The van der Waals surface area contributed by atoms with E-state index in [1.165, 1.54) is 50.4 Å². The summed E-state index contributed by atoms with van der Waals surface area (Å²) in [5.41, 5.74) is 1.68. The molecule has 2 aliphatic rings. The lowest BCUT2D eigenvalue weighted by Crippen LogP contribution is -2.65. The maximum atomic E-state index is 15.1. The van der Waals surface area contributed by atoms with Crippen LogP contribution in [0.5, 0.6) is 11.5 Å². The van der Waals surface area contributed by atoms with Crippen LogP contribution in [0.3, 0.4) is 0 Å². The molecule has 0 aromatic heterocycles. The second-order valence-electron chi connectivity index (χ2n) is 18.5. The molecule has 2 heterocycles. The minimum absolute atomic E-state index is 0.00260. The molecule has 2 saturated heterocycles. The van der Waals surface area contributed by atoms with E-state index in [-0.39, 0.29) is 56.4 Å². The van der Waals surface area contributed by atoms with E-state index >= 15 is 4.79 Å². The Morgan fingerprint density at radius 1 is 0.764 bits per heavy atom. The number of carbonyl (C=O) groups is 9. The summed E-state index contributed by atoms with van der Waals surface area (Å²) in [4.78, 5) is 129. The summed E-state index contributed by atoms with van der Waals surface area (Å²) < 4.78 is 5.84. The van der Waals surface area contributed by atoms with Gasteiger partial charge in [-0.3, -0.25) is 38.4 Å². The number of nitrogens with zero attached hydrogens (tertiary/aromatic N) is 2. The van der Waals surface area contributed by atoms with E-state index in [4.69, 9.17) is 4.74 Å². The smallest absolute Gasteiger partial charge is 0.329 e. The molecule has 0 radical (unpaired) electrons. The Kier molecular flexibility index (Phi) is 19.6.